The molecule has 1 saturated heterocycles. The van der Waals surface area contributed by atoms with E-state index in [1.165, 1.54) is 11.1 Å². The van der Waals surface area contributed by atoms with Crippen LogP contribution in [0.4, 0.5) is 5.82 Å². The van der Waals surface area contributed by atoms with Crippen molar-refractivity contribution in [2.45, 2.75) is 38.6 Å². The summed E-state index contributed by atoms with van der Waals surface area (Å²) in [5.74, 6) is 3.05. The molecule has 0 radical (unpaired) electrons. The fourth-order valence-corrected chi connectivity index (χ4v) is 4.00. The van der Waals surface area contributed by atoms with Crippen molar-refractivity contribution in [3.63, 3.8) is 0 Å². The van der Waals surface area contributed by atoms with E-state index < -0.39 is 0 Å². The second kappa shape index (κ2) is 11.4. The van der Waals surface area contributed by atoms with Crippen LogP contribution in [-0.4, -0.2) is 49.8 Å². The van der Waals surface area contributed by atoms with E-state index in [0.717, 1.165) is 76.0 Å². The average Bonchev–Trinajstić information content (AvgIpc) is 3.23. The third-order valence-corrected chi connectivity index (χ3v) is 5.58. The zero-order valence-electron chi connectivity index (χ0n) is 17.6. The Balaban J connectivity index is 0.00000256. The number of hydrogen-bond acceptors (Lipinski definition) is 4. The van der Waals surface area contributed by atoms with Gasteiger partial charge in [-0.3, -0.25) is 4.99 Å². The predicted octanol–water partition coefficient (Wildman–Crippen LogP) is 3.40. The van der Waals surface area contributed by atoms with E-state index in [-0.39, 0.29) is 24.0 Å². The number of aromatic nitrogens is 1. The van der Waals surface area contributed by atoms with Gasteiger partial charge in [0.15, 0.2) is 5.96 Å². The zero-order chi connectivity index (χ0) is 19.9. The topological polar surface area (TPSA) is 61.8 Å². The van der Waals surface area contributed by atoms with Crippen LogP contribution in [0.25, 0.3) is 0 Å². The van der Waals surface area contributed by atoms with Crippen LogP contribution in [0.2, 0.25) is 0 Å². The molecule has 30 heavy (non-hydrogen) atoms. The molecule has 0 amide bonds. The second-order valence-electron chi connectivity index (χ2n) is 7.64. The molecular formula is C23H32IN5O. The molecule has 0 unspecified atom stereocenters. The largest absolute Gasteiger partial charge is 0.493 e. The van der Waals surface area contributed by atoms with Crippen molar-refractivity contribution < 1.29 is 4.74 Å². The highest BCUT2D eigenvalue weighted by Crippen LogP contribution is 2.26. The Labute approximate surface area is 196 Å². The Morgan fingerprint density at radius 1 is 1.23 bits per heavy atom. The van der Waals surface area contributed by atoms with Gasteiger partial charge in [0.1, 0.15) is 11.6 Å². The van der Waals surface area contributed by atoms with Crippen LogP contribution < -0.4 is 20.3 Å². The Morgan fingerprint density at radius 2 is 2.10 bits per heavy atom. The van der Waals surface area contributed by atoms with E-state index in [4.69, 9.17) is 9.73 Å². The number of anilines is 1. The first-order valence-electron chi connectivity index (χ1n) is 10.8. The number of ether oxygens (including phenoxy) is 1. The number of hydrogen-bond donors (Lipinski definition) is 2. The standard InChI is InChI=1S/C23H31N5O.HI/c1-2-24-23(26-13-8-18-6-7-21-19(17-18)11-16-29-21)27-20-9-14-28(15-10-20)22-5-3-4-12-25-22;/h3-7,12,17,20H,2,8-11,13-16H2,1H3,(H2,24,26,27);1H. The van der Waals surface area contributed by atoms with Gasteiger partial charge in [-0.15, -0.1) is 24.0 Å². The van der Waals surface area contributed by atoms with Gasteiger partial charge < -0.3 is 20.3 Å². The molecule has 7 heteroatoms. The number of pyridine rings is 1. The van der Waals surface area contributed by atoms with E-state index in [1.807, 2.05) is 12.3 Å². The molecule has 4 rings (SSSR count). The molecule has 162 valence electrons. The van der Waals surface area contributed by atoms with Gasteiger partial charge in [0.2, 0.25) is 0 Å². The summed E-state index contributed by atoms with van der Waals surface area (Å²) in [6.07, 6.45) is 6.01. The lowest BCUT2D eigenvalue weighted by molar-refractivity contribution is 0.357. The van der Waals surface area contributed by atoms with Crippen LogP contribution in [0.3, 0.4) is 0 Å². The predicted molar refractivity (Wildman–Crippen MR) is 133 cm³/mol. The first-order valence-corrected chi connectivity index (χ1v) is 10.8. The van der Waals surface area contributed by atoms with Gasteiger partial charge in [-0.1, -0.05) is 18.2 Å². The highest BCUT2D eigenvalue weighted by atomic mass is 127. The fraction of sp³-hybridized carbons (Fsp3) is 0.478. The number of fused-ring (bicyclic) bond motifs is 1. The van der Waals surface area contributed by atoms with Gasteiger partial charge in [0.25, 0.3) is 0 Å². The molecule has 0 aliphatic carbocycles. The molecular weight excluding hydrogens is 489 g/mol. The maximum Gasteiger partial charge on any atom is 0.191 e. The normalized spacial score (nSPS) is 16.4. The average molecular weight is 521 g/mol. The maximum absolute atomic E-state index is 5.59. The highest BCUT2D eigenvalue weighted by molar-refractivity contribution is 14.0. The lowest BCUT2D eigenvalue weighted by Crippen LogP contribution is -2.49. The number of nitrogens with zero attached hydrogens (tertiary/aromatic N) is 3. The third kappa shape index (κ3) is 6.00. The lowest BCUT2D eigenvalue weighted by Gasteiger charge is -2.33. The van der Waals surface area contributed by atoms with Crippen molar-refractivity contribution >= 4 is 35.8 Å². The van der Waals surface area contributed by atoms with Crippen LogP contribution in [0.15, 0.2) is 47.6 Å². The van der Waals surface area contributed by atoms with Gasteiger partial charge in [-0.25, -0.2) is 4.98 Å². The minimum absolute atomic E-state index is 0. The summed E-state index contributed by atoms with van der Waals surface area (Å²) in [7, 11) is 0. The Kier molecular flexibility index (Phi) is 8.60. The minimum atomic E-state index is 0. The molecule has 1 fully saturated rings. The molecule has 2 N–H and O–H groups in total. The number of rotatable bonds is 6. The van der Waals surface area contributed by atoms with Crippen LogP contribution in [0, 0.1) is 0 Å². The molecule has 2 aliphatic heterocycles. The Morgan fingerprint density at radius 3 is 2.87 bits per heavy atom. The second-order valence-corrected chi connectivity index (χ2v) is 7.64. The number of guanidine groups is 1. The van der Waals surface area contributed by atoms with Crippen molar-refractivity contribution in [1.29, 1.82) is 0 Å². The van der Waals surface area contributed by atoms with E-state index in [2.05, 4.69) is 57.8 Å². The molecule has 0 atom stereocenters. The summed E-state index contributed by atoms with van der Waals surface area (Å²) in [5.41, 5.74) is 2.66. The number of aliphatic imine (C=N–C) groups is 1. The van der Waals surface area contributed by atoms with Crippen molar-refractivity contribution in [1.82, 2.24) is 15.6 Å². The fourth-order valence-electron chi connectivity index (χ4n) is 4.00. The van der Waals surface area contributed by atoms with Crippen molar-refractivity contribution in [3.8, 4) is 5.75 Å². The summed E-state index contributed by atoms with van der Waals surface area (Å²) in [4.78, 5) is 11.6. The molecule has 0 bridgehead atoms. The van der Waals surface area contributed by atoms with E-state index in [9.17, 15) is 0 Å². The highest BCUT2D eigenvalue weighted by Gasteiger charge is 2.20. The van der Waals surface area contributed by atoms with Crippen LogP contribution in [-0.2, 0) is 12.8 Å². The van der Waals surface area contributed by atoms with Gasteiger partial charge >= 0.3 is 0 Å². The number of nitrogens with one attached hydrogen (secondary N) is 2. The van der Waals surface area contributed by atoms with Gasteiger partial charge in [0, 0.05) is 44.8 Å². The van der Waals surface area contributed by atoms with E-state index in [1.54, 1.807) is 0 Å². The van der Waals surface area contributed by atoms with Gasteiger partial charge in [0.05, 0.1) is 6.61 Å². The summed E-state index contributed by atoms with van der Waals surface area (Å²) in [6, 6.07) is 13.1. The summed E-state index contributed by atoms with van der Waals surface area (Å²) >= 11 is 0. The number of halogens is 1. The lowest BCUT2D eigenvalue weighted by atomic mass is 10.1. The Hall–Kier alpha value is -2.03. The van der Waals surface area contributed by atoms with E-state index in [0.29, 0.717) is 6.04 Å². The van der Waals surface area contributed by atoms with Crippen molar-refractivity contribution in [2.75, 3.05) is 37.7 Å². The first kappa shape index (κ1) is 22.7. The zero-order valence-corrected chi connectivity index (χ0v) is 20.0. The van der Waals surface area contributed by atoms with Gasteiger partial charge in [-0.2, -0.15) is 0 Å². The summed E-state index contributed by atoms with van der Waals surface area (Å²) < 4.78 is 5.59. The summed E-state index contributed by atoms with van der Waals surface area (Å²) in [5, 5.41) is 7.02. The minimum Gasteiger partial charge on any atom is -0.493 e. The maximum atomic E-state index is 5.59. The molecule has 0 saturated carbocycles. The SMILES string of the molecule is CCNC(=NCCc1ccc2c(c1)CCO2)NC1CCN(c2ccccn2)CC1.I. The smallest absolute Gasteiger partial charge is 0.191 e. The number of benzene rings is 1. The molecule has 3 heterocycles. The van der Waals surface area contributed by atoms with Crippen LogP contribution >= 0.6 is 24.0 Å². The molecule has 0 spiro atoms. The monoisotopic (exact) mass is 521 g/mol. The number of piperidine rings is 1. The van der Waals surface area contributed by atoms with Crippen molar-refractivity contribution in [2.24, 2.45) is 4.99 Å². The molecule has 2 aromatic rings. The Bertz CT molecular complexity index is 822. The van der Waals surface area contributed by atoms with Crippen LogP contribution in [0.1, 0.15) is 30.9 Å². The molecule has 1 aromatic heterocycles. The summed E-state index contributed by atoms with van der Waals surface area (Å²) in [6.45, 7) is 6.61. The molecule has 6 nitrogen and oxygen atoms in total. The van der Waals surface area contributed by atoms with Gasteiger partial charge in [-0.05, 0) is 55.5 Å². The molecule has 1 aromatic carbocycles. The van der Waals surface area contributed by atoms with Crippen molar-refractivity contribution in [3.05, 3.63) is 53.7 Å². The third-order valence-electron chi connectivity index (χ3n) is 5.58. The van der Waals surface area contributed by atoms with Crippen LogP contribution in [0.5, 0.6) is 5.75 Å². The first-order chi connectivity index (χ1) is 14.3. The molecule has 2 aliphatic rings. The van der Waals surface area contributed by atoms with E-state index >= 15 is 0 Å². The quantitative estimate of drug-likeness (QED) is 0.347.